The zero-order valence-electron chi connectivity index (χ0n) is 11.8. The van der Waals surface area contributed by atoms with Gasteiger partial charge < -0.3 is 5.11 Å². The van der Waals surface area contributed by atoms with E-state index in [2.05, 4.69) is 17.1 Å². The summed E-state index contributed by atoms with van der Waals surface area (Å²) in [5.74, 6) is -0.833. The van der Waals surface area contributed by atoms with Crippen LogP contribution in [-0.4, -0.2) is 16.1 Å². The molecule has 0 radical (unpaired) electrons. The summed E-state index contributed by atoms with van der Waals surface area (Å²) in [7, 11) is 0. The lowest BCUT2D eigenvalue weighted by Gasteiger charge is -1.91. The molecule has 3 nitrogen and oxygen atoms in total. The Morgan fingerprint density at radius 2 is 1.44 bits per heavy atom. The molecule has 100 valence electrons. The van der Waals surface area contributed by atoms with Crippen LogP contribution in [0.2, 0.25) is 0 Å². The number of fused-ring (bicyclic) bond motifs is 1. The van der Waals surface area contributed by atoms with Crippen molar-refractivity contribution in [3.05, 3.63) is 42.6 Å². The quantitative estimate of drug-likeness (QED) is 0.753. The van der Waals surface area contributed by atoms with Crippen molar-refractivity contribution in [2.75, 3.05) is 0 Å². The number of pyridine rings is 1. The van der Waals surface area contributed by atoms with Crippen molar-refractivity contribution in [3.8, 4) is 0 Å². The second-order valence-electron chi connectivity index (χ2n) is 2.72. The van der Waals surface area contributed by atoms with E-state index in [4.69, 9.17) is 9.90 Å². The molecule has 18 heavy (non-hydrogen) atoms. The minimum absolute atomic E-state index is 0.833. The van der Waals surface area contributed by atoms with Gasteiger partial charge in [0, 0.05) is 18.5 Å². The molecule has 0 bridgehead atoms. The van der Waals surface area contributed by atoms with Crippen molar-refractivity contribution in [2.45, 2.75) is 34.6 Å². The molecule has 1 aromatic heterocycles. The van der Waals surface area contributed by atoms with Gasteiger partial charge in [-0.05, 0) is 12.1 Å². The van der Waals surface area contributed by atoms with Gasteiger partial charge in [0.05, 0.1) is 5.52 Å². The molecule has 2 aromatic rings. The number of hydrogen-bond donors (Lipinski definition) is 1. The van der Waals surface area contributed by atoms with Crippen molar-refractivity contribution >= 4 is 16.9 Å². The van der Waals surface area contributed by atoms with Crippen LogP contribution < -0.4 is 0 Å². The second-order valence-corrected chi connectivity index (χ2v) is 2.72. The van der Waals surface area contributed by atoms with Gasteiger partial charge >= 0.3 is 0 Å². The molecule has 0 spiro atoms. The fourth-order valence-corrected chi connectivity index (χ4v) is 1.02. The number of rotatable bonds is 0. The summed E-state index contributed by atoms with van der Waals surface area (Å²) in [6, 6.07) is 12.1. The molecule has 0 saturated heterocycles. The molecule has 0 saturated carbocycles. The standard InChI is InChI=1S/C9H7N.C2H4O2.2C2H6/c1-2-6-9-8(4-1)5-3-7-10-9;1-2(3)4;2*1-2/h1-7H;1H3,(H,3,4);2*1-2H3. The van der Waals surface area contributed by atoms with Gasteiger partial charge in [0.2, 0.25) is 0 Å². The Morgan fingerprint density at radius 1 is 1.00 bits per heavy atom. The average Bonchev–Trinajstić information content (AvgIpc) is 2.43. The second kappa shape index (κ2) is 13.2. The number of aromatic nitrogens is 1. The predicted molar refractivity (Wildman–Crippen MR) is 77.7 cm³/mol. The third-order valence-corrected chi connectivity index (χ3v) is 1.51. The fraction of sp³-hybridized carbons (Fsp3) is 0.333. The maximum Gasteiger partial charge on any atom is 0.300 e. The number of nitrogens with zero attached hydrogens (tertiary/aromatic N) is 1. The summed E-state index contributed by atoms with van der Waals surface area (Å²) in [5, 5.41) is 8.62. The van der Waals surface area contributed by atoms with Crippen molar-refractivity contribution in [3.63, 3.8) is 0 Å². The van der Waals surface area contributed by atoms with Crippen molar-refractivity contribution in [2.24, 2.45) is 0 Å². The van der Waals surface area contributed by atoms with E-state index in [0.29, 0.717) is 0 Å². The minimum Gasteiger partial charge on any atom is -0.481 e. The van der Waals surface area contributed by atoms with E-state index in [1.54, 1.807) is 0 Å². The zero-order chi connectivity index (χ0) is 14.4. The Morgan fingerprint density at radius 3 is 1.94 bits per heavy atom. The van der Waals surface area contributed by atoms with Gasteiger partial charge in [-0.3, -0.25) is 9.78 Å². The minimum atomic E-state index is -0.833. The average molecular weight is 249 g/mol. The first-order chi connectivity index (χ1) is 8.70. The maximum absolute atomic E-state index is 9.00. The Bertz CT molecular complexity index is 358. The topological polar surface area (TPSA) is 50.2 Å². The third-order valence-electron chi connectivity index (χ3n) is 1.51. The van der Waals surface area contributed by atoms with Crippen LogP contribution in [0, 0.1) is 0 Å². The van der Waals surface area contributed by atoms with E-state index in [1.807, 2.05) is 58.2 Å². The lowest BCUT2D eigenvalue weighted by Crippen LogP contribution is -1.78. The van der Waals surface area contributed by atoms with E-state index >= 15 is 0 Å². The highest BCUT2D eigenvalue weighted by molar-refractivity contribution is 5.77. The zero-order valence-corrected chi connectivity index (χ0v) is 11.8. The summed E-state index contributed by atoms with van der Waals surface area (Å²) in [5.41, 5.74) is 1.06. The van der Waals surface area contributed by atoms with Crippen LogP contribution in [0.1, 0.15) is 34.6 Å². The van der Waals surface area contributed by atoms with Gasteiger partial charge in [-0.15, -0.1) is 0 Å². The molecule has 0 amide bonds. The van der Waals surface area contributed by atoms with E-state index in [9.17, 15) is 0 Å². The third kappa shape index (κ3) is 9.33. The molecule has 0 atom stereocenters. The van der Waals surface area contributed by atoms with Crippen molar-refractivity contribution in [1.29, 1.82) is 0 Å². The van der Waals surface area contributed by atoms with Crippen LogP contribution in [0.3, 0.4) is 0 Å². The van der Waals surface area contributed by atoms with E-state index in [0.717, 1.165) is 12.4 Å². The van der Waals surface area contributed by atoms with E-state index in [-0.39, 0.29) is 0 Å². The summed E-state index contributed by atoms with van der Waals surface area (Å²) < 4.78 is 0. The molecule has 0 aliphatic carbocycles. The van der Waals surface area contributed by atoms with Crippen LogP contribution >= 0.6 is 0 Å². The molecule has 0 fully saturated rings. The van der Waals surface area contributed by atoms with Gasteiger partial charge in [-0.1, -0.05) is 52.0 Å². The molecule has 3 heteroatoms. The number of carbonyl (C=O) groups is 1. The smallest absolute Gasteiger partial charge is 0.300 e. The molecule has 0 aliphatic heterocycles. The Balaban J connectivity index is 0. The summed E-state index contributed by atoms with van der Waals surface area (Å²) in [6.07, 6.45) is 1.81. The summed E-state index contributed by atoms with van der Waals surface area (Å²) in [4.78, 5) is 13.2. The van der Waals surface area contributed by atoms with Crippen LogP contribution in [0.4, 0.5) is 0 Å². The van der Waals surface area contributed by atoms with Crippen molar-refractivity contribution in [1.82, 2.24) is 4.98 Å². The van der Waals surface area contributed by atoms with Crippen LogP contribution in [0.15, 0.2) is 42.6 Å². The fourth-order valence-electron chi connectivity index (χ4n) is 1.02. The summed E-state index contributed by atoms with van der Waals surface area (Å²) >= 11 is 0. The number of para-hydroxylation sites is 1. The van der Waals surface area contributed by atoms with Gasteiger partial charge in [-0.2, -0.15) is 0 Å². The summed E-state index contributed by atoms with van der Waals surface area (Å²) in [6.45, 7) is 9.08. The number of carboxylic acids is 1. The maximum atomic E-state index is 9.00. The Kier molecular flexibility index (Phi) is 13.5. The van der Waals surface area contributed by atoms with Gasteiger partial charge in [0.1, 0.15) is 0 Å². The first-order valence-corrected chi connectivity index (χ1v) is 6.19. The molecule has 1 N–H and O–H groups in total. The van der Waals surface area contributed by atoms with Gasteiger partial charge in [-0.25, -0.2) is 0 Å². The first kappa shape index (κ1) is 18.5. The highest BCUT2D eigenvalue weighted by Crippen LogP contribution is 2.07. The molecule has 1 heterocycles. The molecule has 0 unspecified atom stereocenters. The molecule has 2 rings (SSSR count). The number of aliphatic carboxylic acids is 1. The van der Waals surface area contributed by atoms with Crippen LogP contribution in [0.5, 0.6) is 0 Å². The molecule has 0 aliphatic rings. The van der Waals surface area contributed by atoms with Crippen LogP contribution in [0.25, 0.3) is 10.9 Å². The first-order valence-electron chi connectivity index (χ1n) is 6.19. The predicted octanol–water partition coefficient (Wildman–Crippen LogP) is 4.38. The monoisotopic (exact) mass is 249 g/mol. The van der Waals surface area contributed by atoms with Crippen molar-refractivity contribution < 1.29 is 9.90 Å². The van der Waals surface area contributed by atoms with E-state index in [1.165, 1.54) is 5.39 Å². The highest BCUT2D eigenvalue weighted by Gasteiger charge is 1.86. The molecular weight excluding hydrogens is 226 g/mol. The van der Waals surface area contributed by atoms with E-state index < -0.39 is 5.97 Å². The van der Waals surface area contributed by atoms with Crippen LogP contribution in [-0.2, 0) is 4.79 Å². The normalized spacial score (nSPS) is 7.61. The van der Waals surface area contributed by atoms with Gasteiger partial charge in [0.25, 0.3) is 5.97 Å². The Labute approximate surface area is 109 Å². The highest BCUT2D eigenvalue weighted by atomic mass is 16.4. The Hall–Kier alpha value is -1.90. The largest absolute Gasteiger partial charge is 0.481 e. The van der Waals surface area contributed by atoms with Gasteiger partial charge in [0.15, 0.2) is 0 Å². The number of hydrogen-bond acceptors (Lipinski definition) is 2. The molecular formula is C15H23NO2. The lowest BCUT2D eigenvalue weighted by molar-refractivity contribution is -0.134. The number of benzene rings is 1. The molecule has 1 aromatic carbocycles. The SMILES string of the molecule is CC.CC.CC(=O)O.c1ccc2ncccc2c1. The lowest BCUT2D eigenvalue weighted by atomic mass is 10.2. The number of carboxylic acid groups (broad SMARTS) is 1.